The lowest BCUT2D eigenvalue weighted by molar-refractivity contribution is -0.384. The van der Waals surface area contributed by atoms with Gasteiger partial charge in [-0.2, -0.15) is 0 Å². The Kier molecular flexibility index (Phi) is 4.73. The molecule has 2 aromatic carbocycles. The molecule has 0 saturated carbocycles. The number of hydrogen-bond acceptors (Lipinski definition) is 4. The van der Waals surface area contributed by atoms with E-state index in [0.717, 1.165) is 6.07 Å². The average Bonchev–Trinajstić information content (AvgIpc) is 2.52. The van der Waals surface area contributed by atoms with Gasteiger partial charge < -0.3 is 9.84 Å². The summed E-state index contributed by atoms with van der Waals surface area (Å²) in [5.74, 6) is -1.02. The molecular formula is C16H15NO5. The minimum atomic E-state index is -1.23. The second-order valence-electron chi connectivity index (χ2n) is 4.65. The predicted octanol–water partition coefficient (Wildman–Crippen LogP) is 3.75. The molecule has 1 N–H and O–H groups in total. The maximum atomic E-state index is 11.4. The molecule has 0 atom stereocenters. The summed E-state index contributed by atoms with van der Waals surface area (Å²) < 4.78 is 5.55. The quantitative estimate of drug-likeness (QED) is 0.648. The van der Waals surface area contributed by atoms with E-state index in [1.807, 2.05) is 6.92 Å². The van der Waals surface area contributed by atoms with E-state index in [0.29, 0.717) is 24.2 Å². The van der Waals surface area contributed by atoms with Crippen molar-refractivity contribution in [2.24, 2.45) is 0 Å². The highest BCUT2D eigenvalue weighted by Gasteiger charge is 2.24. The molecule has 0 bridgehead atoms. The van der Waals surface area contributed by atoms with E-state index in [1.54, 1.807) is 30.3 Å². The molecular weight excluding hydrogens is 286 g/mol. The van der Waals surface area contributed by atoms with Crippen molar-refractivity contribution in [2.75, 3.05) is 6.61 Å². The van der Waals surface area contributed by atoms with Gasteiger partial charge in [0.05, 0.1) is 17.1 Å². The number of carbonyl (C=O) groups is 1. The van der Waals surface area contributed by atoms with Crippen LogP contribution in [0.1, 0.15) is 23.7 Å². The van der Waals surface area contributed by atoms with Crippen LogP contribution >= 0.6 is 0 Å². The Balaban J connectivity index is 2.71. The Bertz CT molecular complexity index is 697. The Labute approximate surface area is 127 Å². The lowest BCUT2D eigenvalue weighted by atomic mass is 10.00. The van der Waals surface area contributed by atoms with E-state index in [4.69, 9.17) is 9.84 Å². The first-order valence-corrected chi connectivity index (χ1v) is 6.78. The third-order valence-corrected chi connectivity index (χ3v) is 3.05. The van der Waals surface area contributed by atoms with Crippen LogP contribution in [-0.2, 0) is 0 Å². The number of benzene rings is 2. The summed E-state index contributed by atoms with van der Waals surface area (Å²) >= 11 is 0. The van der Waals surface area contributed by atoms with Gasteiger partial charge in [0.15, 0.2) is 0 Å². The van der Waals surface area contributed by atoms with Crippen LogP contribution in [0.3, 0.4) is 0 Å². The van der Waals surface area contributed by atoms with Gasteiger partial charge in [-0.25, -0.2) is 4.79 Å². The molecule has 6 heteroatoms. The van der Waals surface area contributed by atoms with Gasteiger partial charge in [0, 0.05) is 6.07 Å². The highest BCUT2D eigenvalue weighted by atomic mass is 16.6. The third kappa shape index (κ3) is 3.22. The molecule has 0 aromatic heterocycles. The standard InChI is InChI=1S/C16H15NO5/c1-2-8-22-14-10-12(16(18)19)9-13(17(20)21)15(14)11-6-4-3-5-7-11/h3-7,9-10H,2,8H2,1H3,(H,18,19). The minimum Gasteiger partial charge on any atom is -0.493 e. The van der Waals surface area contributed by atoms with Crippen molar-refractivity contribution in [3.63, 3.8) is 0 Å². The van der Waals surface area contributed by atoms with Crippen molar-refractivity contribution in [3.05, 3.63) is 58.1 Å². The zero-order valence-corrected chi connectivity index (χ0v) is 12.0. The molecule has 2 rings (SSSR count). The second-order valence-corrected chi connectivity index (χ2v) is 4.65. The van der Waals surface area contributed by atoms with Gasteiger partial charge in [0.2, 0.25) is 0 Å². The Morgan fingerprint density at radius 2 is 1.95 bits per heavy atom. The number of rotatable bonds is 6. The Morgan fingerprint density at radius 3 is 2.50 bits per heavy atom. The highest BCUT2D eigenvalue weighted by Crippen LogP contribution is 2.39. The molecule has 0 aliphatic rings. The maximum absolute atomic E-state index is 11.4. The van der Waals surface area contributed by atoms with Crippen molar-refractivity contribution < 1.29 is 19.6 Å². The summed E-state index contributed by atoms with van der Waals surface area (Å²) in [5.41, 5.74) is 0.455. The number of aromatic carboxylic acids is 1. The van der Waals surface area contributed by atoms with E-state index < -0.39 is 10.9 Å². The van der Waals surface area contributed by atoms with Crippen molar-refractivity contribution in [1.29, 1.82) is 0 Å². The first-order chi connectivity index (χ1) is 10.5. The number of hydrogen-bond donors (Lipinski definition) is 1. The van der Waals surface area contributed by atoms with Gasteiger partial charge in [0.1, 0.15) is 11.3 Å². The maximum Gasteiger partial charge on any atom is 0.336 e. The Morgan fingerprint density at radius 1 is 1.27 bits per heavy atom. The molecule has 0 aliphatic heterocycles. The first kappa shape index (κ1) is 15.5. The smallest absolute Gasteiger partial charge is 0.336 e. The molecule has 0 heterocycles. The van der Waals surface area contributed by atoms with Gasteiger partial charge in [0.25, 0.3) is 5.69 Å². The lowest BCUT2D eigenvalue weighted by Gasteiger charge is -2.12. The molecule has 0 aliphatic carbocycles. The average molecular weight is 301 g/mol. The van der Waals surface area contributed by atoms with Crippen LogP contribution in [0.4, 0.5) is 5.69 Å². The van der Waals surface area contributed by atoms with E-state index >= 15 is 0 Å². The summed E-state index contributed by atoms with van der Waals surface area (Å²) in [7, 11) is 0. The number of carboxylic acid groups (broad SMARTS) is 1. The third-order valence-electron chi connectivity index (χ3n) is 3.05. The van der Waals surface area contributed by atoms with Gasteiger partial charge in [-0.15, -0.1) is 0 Å². The topological polar surface area (TPSA) is 89.7 Å². The van der Waals surface area contributed by atoms with Crippen LogP contribution in [0, 0.1) is 10.1 Å². The van der Waals surface area contributed by atoms with Gasteiger partial charge in [-0.05, 0) is 18.1 Å². The monoisotopic (exact) mass is 301 g/mol. The summed E-state index contributed by atoms with van der Waals surface area (Å²) in [4.78, 5) is 21.9. The normalized spacial score (nSPS) is 10.2. The molecule has 22 heavy (non-hydrogen) atoms. The van der Waals surface area contributed by atoms with Gasteiger partial charge >= 0.3 is 5.97 Å². The molecule has 0 saturated heterocycles. The van der Waals surface area contributed by atoms with E-state index in [9.17, 15) is 14.9 Å². The molecule has 0 spiro atoms. The number of nitro benzene ring substituents is 1. The summed E-state index contributed by atoms with van der Waals surface area (Å²) in [6.07, 6.45) is 0.708. The van der Waals surface area contributed by atoms with E-state index in [2.05, 4.69) is 0 Å². The molecule has 0 fully saturated rings. The zero-order chi connectivity index (χ0) is 16.1. The molecule has 0 unspecified atom stereocenters. The fourth-order valence-corrected chi connectivity index (χ4v) is 2.09. The second kappa shape index (κ2) is 6.71. The molecule has 6 nitrogen and oxygen atoms in total. The fourth-order valence-electron chi connectivity index (χ4n) is 2.09. The summed E-state index contributed by atoms with van der Waals surface area (Å²) in [6, 6.07) is 11.1. The first-order valence-electron chi connectivity index (χ1n) is 6.78. The predicted molar refractivity (Wildman–Crippen MR) is 81.3 cm³/mol. The van der Waals surface area contributed by atoms with Crippen molar-refractivity contribution in [3.8, 4) is 16.9 Å². The van der Waals surface area contributed by atoms with Crippen LogP contribution in [0.5, 0.6) is 5.75 Å². The van der Waals surface area contributed by atoms with E-state index in [-0.39, 0.29) is 17.0 Å². The van der Waals surface area contributed by atoms with Crippen molar-refractivity contribution in [1.82, 2.24) is 0 Å². The number of nitro groups is 1. The van der Waals surface area contributed by atoms with Crippen molar-refractivity contribution >= 4 is 11.7 Å². The lowest BCUT2D eigenvalue weighted by Crippen LogP contribution is -2.04. The Hall–Kier alpha value is -2.89. The van der Waals surface area contributed by atoms with Crippen LogP contribution in [0.25, 0.3) is 11.1 Å². The van der Waals surface area contributed by atoms with Gasteiger partial charge in [-0.1, -0.05) is 37.3 Å². The molecule has 2 aromatic rings. The van der Waals surface area contributed by atoms with Crippen LogP contribution in [0.15, 0.2) is 42.5 Å². The number of ether oxygens (including phenoxy) is 1. The molecule has 0 radical (unpaired) electrons. The van der Waals surface area contributed by atoms with Crippen LogP contribution < -0.4 is 4.74 Å². The molecule has 114 valence electrons. The number of carboxylic acids is 1. The largest absolute Gasteiger partial charge is 0.493 e. The number of nitrogens with zero attached hydrogens (tertiary/aromatic N) is 1. The zero-order valence-electron chi connectivity index (χ0n) is 12.0. The van der Waals surface area contributed by atoms with Crippen molar-refractivity contribution in [2.45, 2.75) is 13.3 Å². The minimum absolute atomic E-state index is 0.169. The van der Waals surface area contributed by atoms with E-state index in [1.165, 1.54) is 6.07 Å². The van der Waals surface area contributed by atoms with Gasteiger partial charge in [-0.3, -0.25) is 10.1 Å². The fraction of sp³-hybridized carbons (Fsp3) is 0.188. The van der Waals surface area contributed by atoms with Crippen LogP contribution in [-0.4, -0.2) is 22.6 Å². The summed E-state index contributed by atoms with van der Waals surface area (Å²) in [5, 5.41) is 20.5. The SMILES string of the molecule is CCCOc1cc(C(=O)O)cc([N+](=O)[O-])c1-c1ccccc1. The van der Waals surface area contributed by atoms with Crippen LogP contribution in [0.2, 0.25) is 0 Å². The highest BCUT2D eigenvalue weighted by molar-refractivity contribution is 5.92. The molecule has 0 amide bonds. The summed E-state index contributed by atoms with van der Waals surface area (Å²) in [6.45, 7) is 2.25.